The van der Waals surface area contributed by atoms with E-state index in [9.17, 15) is 4.79 Å². The Bertz CT molecular complexity index is 397. The van der Waals surface area contributed by atoms with Crippen molar-refractivity contribution < 1.29 is 4.79 Å². The maximum atomic E-state index is 11.2. The zero-order chi connectivity index (χ0) is 12.3. The van der Waals surface area contributed by atoms with Gasteiger partial charge in [0.05, 0.1) is 6.04 Å². The fraction of sp³-hybridized carbons (Fsp3) is 0.462. The van der Waals surface area contributed by atoms with E-state index in [2.05, 4.69) is 24.5 Å². The molecule has 0 saturated carbocycles. The Morgan fingerprint density at radius 2 is 2.29 bits per heavy atom. The van der Waals surface area contributed by atoms with E-state index in [-0.39, 0.29) is 6.04 Å². The van der Waals surface area contributed by atoms with Gasteiger partial charge < -0.3 is 0 Å². The third-order valence-electron chi connectivity index (χ3n) is 3.26. The number of alkyl halides is 1. The minimum Gasteiger partial charge on any atom is -0.277 e. The zero-order valence-electron chi connectivity index (χ0n) is 9.90. The van der Waals surface area contributed by atoms with Crippen molar-refractivity contribution in [1.82, 2.24) is 10.4 Å². The van der Waals surface area contributed by atoms with Crippen LogP contribution in [0.25, 0.3) is 0 Å². The van der Waals surface area contributed by atoms with Gasteiger partial charge in [-0.15, -0.1) is 11.6 Å². The molecule has 0 fully saturated rings. The minimum absolute atomic E-state index is 0.118. The highest BCUT2D eigenvalue weighted by Gasteiger charge is 2.33. The number of hydrogen-bond donors (Lipinski definition) is 1. The number of halogens is 1. The molecule has 1 aromatic carbocycles. The third kappa shape index (κ3) is 2.45. The highest BCUT2D eigenvalue weighted by molar-refractivity contribution is 6.18. The van der Waals surface area contributed by atoms with Crippen LogP contribution in [0, 0.1) is 5.92 Å². The zero-order valence-corrected chi connectivity index (χ0v) is 10.7. The number of carbonyl (C=O) groups is 1. The number of nitrogens with one attached hydrogen (secondary N) is 1. The summed E-state index contributed by atoms with van der Waals surface area (Å²) in [6.45, 7) is 2.77. The average Bonchev–Trinajstić information content (AvgIpc) is 2.67. The molecule has 1 aliphatic carbocycles. The Balaban J connectivity index is 2.21. The first kappa shape index (κ1) is 12.4. The lowest BCUT2D eigenvalue weighted by Crippen LogP contribution is -2.42. The van der Waals surface area contributed by atoms with E-state index in [0.717, 1.165) is 12.8 Å². The topological polar surface area (TPSA) is 32.3 Å². The number of fused-ring (bicyclic) bond motifs is 1. The van der Waals surface area contributed by atoms with E-state index in [1.165, 1.54) is 11.1 Å². The van der Waals surface area contributed by atoms with E-state index in [4.69, 9.17) is 11.6 Å². The summed E-state index contributed by atoms with van der Waals surface area (Å²) in [7, 11) is 0. The first-order chi connectivity index (χ1) is 8.27. The van der Waals surface area contributed by atoms with Crippen molar-refractivity contribution in [3.63, 3.8) is 0 Å². The summed E-state index contributed by atoms with van der Waals surface area (Å²) in [5.41, 5.74) is 5.65. The summed E-state index contributed by atoms with van der Waals surface area (Å²) in [6.07, 6.45) is 1.88. The highest BCUT2D eigenvalue weighted by Crippen LogP contribution is 2.38. The minimum atomic E-state index is 0.118. The molecule has 0 radical (unpaired) electrons. The van der Waals surface area contributed by atoms with Crippen LogP contribution in [0.15, 0.2) is 24.3 Å². The number of amides is 1. The van der Waals surface area contributed by atoms with Crippen molar-refractivity contribution in [2.75, 3.05) is 12.4 Å². The van der Waals surface area contributed by atoms with Crippen LogP contribution < -0.4 is 5.43 Å². The molecule has 17 heavy (non-hydrogen) atoms. The number of benzene rings is 1. The summed E-state index contributed by atoms with van der Waals surface area (Å²) < 4.78 is 0. The Labute approximate surface area is 107 Å². The van der Waals surface area contributed by atoms with Crippen LogP contribution in [-0.2, 0) is 11.2 Å². The molecule has 2 atom stereocenters. The predicted octanol–water partition coefficient (Wildman–Crippen LogP) is 2.12. The first-order valence-corrected chi connectivity index (χ1v) is 6.42. The summed E-state index contributed by atoms with van der Waals surface area (Å²) >= 11 is 5.64. The van der Waals surface area contributed by atoms with Crippen LogP contribution in [0.1, 0.15) is 24.1 Å². The summed E-state index contributed by atoms with van der Waals surface area (Å²) in [5.74, 6) is 0.924. The van der Waals surface area contributed by atoms with Gasteiger partial charge in [-0.05, 0) is 23.5 Å². The molecule has 92 valence electrons. The van der Waals surface area contributed by atoms with Crippen molar-refractivity contribution in [2.24, 2.45) is 5.92 Å². The van der Waals surface area contributed by atoms with Gasteiger partial charge in [-0.1, -0.05) is 31.2 Å². The van der Waals surface area contributed by atoms with Crippen LogP contribution in [0.4, 0.5) is 0 Å². The molecule has 0 spiro atoms. The molecular weight excluding hydrogens is 236 g/mol. The number of hydrazine groups is 1. The molecule has 1 N–H and O–H groups in total. The van der Waals surface area contributed by atoms with Crippen LogP contribution in [0.3, 0.4) is 0 Å². The molecule has 0 bridgehead atoms. The SMILES string of the molecule is CC1Cc2ccccc2C1N(C=O)NCCCl. The molecule has 2 rings (SSSR count). The molecule has 1 aliphatic rings. The molecule has 0 aliphatic heterocycles. The summed E-state index contributed by atoms with van der Waals surface area (Å²) in [6, 6.07) is 8.42. The molecular formula is C13H17ClN2O. The van der Waals surface area contributed by atoms with E-state index >= 15 is 0 Å². The molecule has 1 amide bonds. The Kier molecular flexibility index (Phi) is 4.02. The van der Waals surface area contributed by atoms with Crippen LogP contribution in [0.2, 0.25) is 0 Å². The van der Waals surface area contributed by atoms with E-state index in [1.807, 2.05) is 12.1 Å². The van der Waals surface area contributed by atoms with Crippen molar-refractivity contribution in [3.05, 3.63) is 35.4 Å². The largest absolute Gasteiger partial charge is 0.277 e. The van der Waals surface area contributed by atoms with Gasteiger partial charge in [-0.3, -0.25) is 9.80 Å². The lowest BCUT2D eigenvalue weighted by Gasteiger charge is -2.29. The maximum absolute atomic E-state index is 11.2. The van der Waals surface area contributed by atoms with Crippen LogP contribution in [-0.4, -0.2) is 23.8 Å². The van der Waals surface area contributed by atoms with Gasteiger partial charge in [-0.2, -0.15) is 0 Å². The number of rotatable bonds is 5. The molecule has 3 nitrogen and oxygen atoms in total. The summed E-state index contributed by atoms with van der Waals surface area (Å²) in [4.78, 5) is 11.2. The molecule has 1 aromatic rings. The highest BCUT2D eigenvalue weighted by atomic mass is 35.5. The van der Waals surface area contributed by atoms with Crippen LogP contribution >= 0.6 is 11.6 Å². The van der Waals surface area contributed by atoms with E-state index in [1.54, 1.807) is 5.01 Å². The summed E-state index contributed by atoms with van der Waals surface area (Å²) in [5, 5.41) is 1.65. The Morgan fingerprint density at radius 3 is 3.00 bits per heavy atom. The van der Waals surface area contributed by atoms with Crippen molar-refractivity contribution >= 4 is 18.0 Å². The van der Waals surface area contributed by atoms with Gasteiger partial charge in [-0.25, -0.2) is 5.43 Å². The van der Waals surface area contributed by atoms with Gasteiger partial charge in [0, 0.05) is 12.4 Å². The van der Waals surface area contributed by atoms with Gasteiger partial charge in [0.2, 0.25) is 6.41 Å². The quantitative estimate of drug-likeness (QED) is 0.495. The van der Waals surface area contributed by atoms with Gasteiger partial charge in [0.25, 0.3) is 0 Å². The molecule has 2 unspecified atom stereocenters. The lowest BCUT2D eigenvalue weighted by molar-refractivity contribution is -0.124. The Morgan fingerprint density at radius 1 is 1.53 bits per heavy atom. The van der Waals surface area contributed by atoms with Crippen molar-refractivity contribution in [3.8, 4) is 0 Å². The standard InChI is InChI=1S/C13H17ClN2O/c1-10-8-11-4-2-3-5-12(11)13(10)16(9-17)15-7-6-14/h2-5,9-10,13,15H,6-8H2,1H3. The number of nitrogens with zero attached hydrogens (tertiary/aromatic N) is 1. The molecule has 0 heterocycles. The van der Waals surface area contributed by atoms with Crippen LogP contribution in [0.5, 0.6) is 0 Å². The second-order valence-electron chi connectivity index (χ2n) is 4.43. The Hall–Kier alpha value is -1.06. The third-order valence-corrected chi connectivity index (χ3v) is 3.45. The molecule has 4 heteroatoms. The first-order valence-electron chi connectivity index (χ1n) is 5.89. The number of hydrogen-bond acceptors (Lipinski definition) is 2. The average molecular weight is 253 g/mol. The fourth-order valence-corrected chi connectivity index (χ4v) is 2.65. The predicted molar refractivity (Wildman–Crippen MR) is 68.7 cm³/mol. The van der Waals surface area contributed by atoms with Crippen molar-refractivity contribution in [1.29, 1.82) is 0 Å². The van der Waals surface area contributed by atoms with Gasteiger partial charge >= 0.3 is 0 Å². The number of carbonyl (C=O) groups excluding carboxylic acids is 1. The lowest BCUT2D eigenvalue weighted by atomic mass is 10.0. The normalized spacial score (nSPS) is 22.2. The second kappa shape index (κ2) is 5.52. The van der Waals surface area contributed by atoms with E-state index < -0.39 is 0 Å². The molecule has 0 aromatic heterocycles. The smallest absolute Gasteiger partial charge is 0.224 e. The van der Waals surface area contributed by atoms with Gasteiger partial charge in [0.15, 0.2) is 0 Å². The second-order valence-corrected chi connectivity index (χ2v) is 4.81. The maximum Gasteiger partial charge on any atom is 0.224 e. The fourth-order valence-electron chi connectivity index (χ4n) is 2.57. The molecule has 0 saturated heterocycles. The monoisotopic (exact) mass is 252 g/mol. The van der Waals surface area contributed by atoms with E-state index in [0.29, 0.717) is 18.3 Å². The van der Waals surface area contributed by atoms with Gasteiger partial charge in [0.1, 0.15) is 0 Å². The van der Waals surface area contributed by atoms with Crippen molar-refractivity contribution in [2.45, 2.75) is 19.4 Å².